The van der Waals surface area contributed by atoms with Gasteiger partial charge in [-0.15, -0.1) is 0 Å². The van der Waals surface area contributed by atoms with Gasteiger partial charge >= 0.3 is 0 Å². The van der Waals surface area contributed by atoms with Crippen molar-refractivity contribution in [3.05, 3.63) is 151 Å². The lowest BCUT2D eigenvalue weighted by atomic mass is 9.76. The van der Waals surface area contributed by atoms with Crippen LogP contribution in [-0.4, -0.2) is 49.7 Å². The van der Waals surface area contributed by atoms with Crippen LogP contribution in [0.15, 0.2) is 97.1 Å². The molecule has 14 nitrogen and oxygen atoms in total. The molecule has 2 atom stereocenters. The van der Waals surface area contributed by atoms with Gasteiger partial charge in [-0.25, -0.2) is 0 Å². The Morgan fingerprint density at radius 1 is 0.548 bits per heavy atom. The maximum absolute atomic E-state index is 11.8. The van der Waals surface area contributed by atoms with Crippen molar-refractivity contribution in [3.8, 4) is 34.5 Å². The van der Waals surface area contributed by atoms with Crippen molar-refractivity contribution in [1.82, 2.24) is 0 Å². The van der Waals surface area contributed by atoms with Crippen molar-refractivity contribution >= 4 is 34.9 Å². The van der Waals surface area contributed by atoms with E-state index in [2.05, 4.69) is 61.8 Å². The summed E-state index contributed by atoms with van der Waals surface area (Å²) in [4.78, 5) is 27.2. The Labute approximate surface area is 358 Å². The molecule has 318 valence electrons. The van der Waals surface area contributed by atoms with Crippen molar-refractivity contribution in [2.75, 3.05) is 38.2 Å². The number of nitrogens with zero attached hydrogens (tertiary/aromatic N) is 4. The first-order chi connectivity index (χ1) is 29.6. The molecule has 0 amide bonds. The Morgan fingerprint density at radius 2 is 0.935 bits per heavy atom. The Bertz CT molecular complexity index is 2560. The number of hydrogen-bond acceptors (Lipinski definition) is 12. The molecule has 4 aliphatic heterocycles. The highest BCUT2D eigenvalue weighted by atomic mass is 16.6. The molecule has 0 N–H and O–H groups in total. The first-order valence-electron chi connectivity index (χ1n) is 20.1. The number of benzene rings is 5. The fraction of sp³-hybridized carbons (Fsp3) is 0.292. The monoisotopic (exact) mass is 838 g/mol. The Hall–Kier alpha value is -7.22. The Kier molecular flexibility index (Phi) is 9.20. The van der Waals surface area contributed by atoms with E-state index in [4.69, 9.17) is 28.4 Å². The van der Waals surface area contributed by atoms with E-state index < -0.39 is 32.1 Å². The van der Waals surface area contributed by atoms with Crippen LogP contribution in [0.1, 0.15) is 61.1 Å². The minimum Gasteiger partial charge on any atom is -0.497 e. The number of ether oxygens (including phenoxy) is 6. The standard InChI is InChI=1S/C48H46N4O10/c1-45(2)37-25-35(57-5)13-15-39(37)49(47(45)19-17-31-21-33(51(53)54)23-41(59-7)43(31)61-47)27-29-9-11-30(12-10-29)28-50-40-16-14-36(58-6)26-38(40)46(3,4)48(50)20-18-32-22-34(52(55)56)24-42(60-8)44(32)62-48/h9-26H,27-28H2,1-8H3. The van der Waals surface area contributed by atoms with Gasteiger partial charge in [0.2, 0.25) is 11.4 Å². The zero-order valence-corrected chi connectivity index (χ0v) is 35.7. The Morgan fingerprint density at radius 3 is 1.27 bits per heavy atom. The summed E-state index contributed by atoms with van der Waals surface area (Å²) in [6.07, 6.45) is 7.74. The predicted octanol–water partition coefficient (Wildman–Crippen LogP) is 9.74. The fourth-order valence-electron chi connectivity index (χ4n) is 9.64. The van der Waals surface area contributed by atoms with Crippen LogP contribution in [0.2, 0.25) is 0 Å². The number of nitro benzene ring substituents is 2. The van der Waals surface area contributed by atoms with Crippen LogP contribution in [0.5, 0.6) is 34.5 Å². The minimum atomic E-state index is -1.06. The van der Waals surface area contributed by atoms with Gasteiger partial charge in [-0.3, -0.25) is 20.2 Å². The summed E-state index contributed by atoms with van der Waals surface area (Å²) in [5.41, 5.74) is 3.54. The molecule has 5 aromatic rings. The molecule has 0 aromatic heterocycles. The first kappa shape index (κ1) is 40.2. The van der Waals surface area contributed by atoms with Gasteiger partial charge in [-0.1, -0.05) is 24.3 Å². The number of non-ortho nitro benzene ring substituents is 2. The van der Waals surface area contributed by atoms with Gasteiger partial charge in [0, 0.05) is 47.7 Å². The second-order valence-electron chi connectivity index (χ2n) is 16.9. The normalized spacial score (nSPS) is 20.5. The average molecular weight is 839 g/mol. The van der Waals surface area contributed by atoms with E-state index in [1.54, 1.807) is 14.2 Å². The molecule has 0 bridgehead atoms. The van der Waals surface area contributed by atoms with Gasteiger partial charge in [-0.2, -0.15) is 0 Å². The Balaban J connectivity index is 1.09. The zero-order valence-electron chi connectivity index (χ0n) is 35.7. The maximum atomic E-state index is 11.8. The van der Waals surface area contributed by atoms with Gasteiger partial charge in [0.15, 0.2) is 23.0 Å². The highest BCUT2D eigenvalue weighted by Gasteiger charge is 2.61. The van der Waals surface area contributed by atoms with Gasteiger partial charge < -0.3 is 38.2 Å². The average Bonchev–Trinajstić information content (AvgIpc) is 3.55. The largest absolute Gasteiger partial charge is 0.497 e. The van der Waals surface area contributed by atoms with Crippen LogP contribution < -0.4 is 38.2 Å². The topological polar surface area (TPSA) is 148 Å². The molecule has 0 radical (unpaired) electrons. The molecule has 4 aliphatic rings. The number of methoxy groups -OCH3 is 4. The molecule has 5 aromatic carbocycles. The minimum absolute atomic E-state index is 0.0889. The van der Waals surface area contributed by atoms with E-state index in [-0.39, 0.29) is 22.9 Å². The van der Waals surface area contributed by atoms with Crippen molar-refractivity contribution in [3.63, 3.8) is 0 Å². The molecule has 0 fully saturated rings. The van der Waals surface area contributed by atoms with E-state index in [9.17, 15) is 20.2 Å². The summed E-state index contributed by atoms with van der Waals surface area (Å²) in [5.74, 6) is 2.83. The van der Waals surface area contributed by atoms with E-state index in [0.717, 1.165) is 45.1 Å². The second kappa shape index (κ2) is 14.2. The highest BCUT2D eigenvalue weighted by molar-refractivity contribution is 5.78. The van der Waals surface area contributed by atoms with Crippen LogP contribution in [0.25, 0.3) is 12.2 Å². The molecule has 0 saturated heterocycles. The molecule has 2 unspecified atom stereocenters. The molecule has 0 aliphatic carbocycles. The smallest absolute Gasteiger partial charge is 0.274 e. The fourth-order valence-corrected chi connectivity index (χ4v) is 9.64. The van der Waals surface area contributed by atoms with E-state index in [1.165, 1.54) is 38.5 Å². The van der Waals surface area contributed by atoms with Crippen LogP contribution >= 0.6 is 0 Å². The molecule has 9 rings (SSSR count). The lowest BCUT2D eigenvalue weighted by Crippen LogP contribution is -2.59. The lowest BCUT2D eigenvalue weighted by Gasteiger charge is -2.47. The summed E-state index contributed by atoms with van der Waals surface area (Å²) in [6.45, 7) is 9.41. The van der Waals surface area contributed by atoms with Gasteiger partial charge in [-0.05, 0) is 111 Å². The summed E-state index contributed by atoms with van der Waals surface area (Å²) in [5, 5.41) is 23.6. The van der Waals surface area contributed by atoms with Gasteiger partial charge in [0.1, 0.15) is 11.5 Å². The molecule has 14 heteroatoms. The van der Waals surface area contributed by atoms with E-state index in [0.29, 0.717) is 35.7 Å². The number of hydrogen-bond donors (Lipinski definition) is 0. The van der Waals surface area contributed by atoms with Crippen LogP contribution in [0, 0.1) is 20.2 Å². The second-order valence-corrected chi connectivity index (χ2v) is 16.9. The molecule has 0 saturated carbocycles. The summed E-state index contributed by atoms with van der Waals surface area (Å²) in [7, 11) is 6.25. The summed E-state index contributed by atoms with van der Waals surface area (Å²) < 4.78 is 36.9. The van der Waals surface area contributed by atoms with Crippen LogP contribution in [-0.2, 0) is 23.9 Å². The van der Waals surface area contributed by atoms with Crippen molar-refractivity contribution in [2.45, 2.75) is 63.1 Å². The molecule has 2 spiro atoms. The van der Waals surface area contributed by atoms with Gasteiger partial charge in [0.25, 0.3) is 11.4 Å². The van der Waals surface area contributed by atoms with Crippen LogP contribution in [0.4, 0.5) is 22.7 Å². The third-order valence-corrected chi connectivity index (χ3v) is 13.1. The third kappa shape index (κ3) is 5.76. The maximum Gasteiger partial charge on any atom is 0.274 e. The highest BCUT2D eigenvalue weighted by Crippen LogP contribution is 2.59. The summed E-state index contributed by atoms with van der Waals surface area (Å²) >= 11 is 0. The number of fused-ring (bicyclic) bond motifs is 4. The molecular weight excluding hydrogens is 793 g/mol. The van der Waals surface area contributed by atoms with Gasteiger partial charge in [0.05, 0.1) is 61.2 Å². The van der Waals surface area contributed by atoms with E-state index >= 15 is 0 Å². The molecular formula is C48H46N4O10. The number of rotatable bonds is 10. The molecule has 4 heterocycles. The van der Waals surface area contributed by atoms with Crippen molar-refractivity contribution in [2.24, 2.45) is 0 Å². The first-order valence-corrected chi connectivity index (χ1v) is 20.1. The lowest BCUT2D eigenvalue weighted by molar-refractivity contribution is -0.385. The number of anilines is 2. The SMILES string of the molecule is COc1ccc2c(c1)C(C)(C)C1(C=Cc3cc([N+](=O)[O-])cc(OC)c3O1)N2Cc1ccc(CN2c3ccc(OC)cc3C(C)(C)C23C=Cc2cc([N+](=O)[O-])cc(OC)c2O3)cc1. The third-order valence-electron chi connectivity index (χ3n) is 13.1. The quantitative estimate of drug-likeness (QED) is 0.0974. The zero-order chi connectivity index (χ0) is 43.9. The molecule has 62 heavy (non-hydrogen) atoms. The van der Waals surface area contributed by atoms with E-state index in [1.807, 2.05) is 60.7 Å². The number of nitro groups is 2. The van der Waals surface area contributed by atoms with Crippen molar-refractivity contribution in [1.29, 1.82) is 0 Å². The van der Waals surface area contributed by atoms with Crippen LogP contribution in [0.3, 0.4) is 0 Å². The summed E-state index contributed by atoms with van der Waals surface area (Å²) in [6, 6.07) is 26.3. The van der Waals surface area contributed by atoms with Crippen molar-refractivity contribution < 1.29 is 38.3 Å². The predicted molar refractivity (Wildman–Crippen MR) is 235 cm³/mol.